The number of rotatable bonds is 6. The van der Waals surface area contributed by atoms with Gasteiger partial charge in [0, 0.05) is 0 Å². The molecule has 12 heavy (non-hydrogen) atoms. The highest BCUT2D eigenvalue weighted by Crippen LogP contribution is 1.82. The van der Waals surface area contributed by atoms with Crippen molar-refractivity contribution >= 4 is 0 Å². The minimum Gasteiger partial charge on any atom is -0.0947 e. The van der Waals surface area contributed by atoms with E-state index in [0.29, 0.717) is 0 Å². The molecule has 0 radical (unpaired) electrons. The van der Waals surface area contributed by atoms with Crippen molar-refractivity contribution in [2.24, 2.45) is 11.8 Å². The average Bonchev–Trinajstić information content (AvgIpc) is 2.03. The minimum absolute atomic E-state index is 0.850. The first-order chi connectivity index (χ1) is 5.60. The zero-order chi connectivity index (χ0) is 9.56. The molecule has 0 aromatic rings. The second-order valence-electron chi connectivity index (χ2n) is 1.04. The van der Waals surface area contributed by atoms with E-state index in [0.717, 1.165) is 0 Å². The van der Waals surface area contributed by atoms with Crippen LogP contribution in [0.5, 0.6) is 0 Å². The lowest BCUT2D eigenvalue weighted by molar-refractivity contribution is -1.30. The number of hydrogen-bond acceptors (Lipinski definition) is 9. The van der Waals surface area contributed by atoms with Gasteiger partial charge in [-0.15, -0.1) is 0 Å². The van der Waals surface area contributed by atoms with Crippen molar-refractivity contribution in [3.63, 3.8) is 0 Å². The van der Waals surface area contributed by atoms with Crippen LogP contribution in [0.15, 0.2) is 0 Å². The summed E-state index contributed by atoms with van der Waals surface area (Å²) in [7, 11) is 0. The maximum atomic E-state index is 10.1. The van der Waals surface area contributed by atoms with E-state index >= 15 is 0 Å². The van der Waals surface area contributed by atoms with Gasteiger partial charge in [-0.3, -0.25) is 0 Å². The molecule has 0 fully saturated rings. The smallest absolute Gasteiger partial charge is 0.0947 e. The van der Waals surface area contributed by atoms with Crippen LogP contribution < -0.4 is 11.8 Å². The lowest BCUT2D eigenvalue weighted by Crippen LogP contribution is -2.26. The van der Waals surface area contributed by atoms with Crippen LogP contribution in [0.1, 0.15) is 0 Å². The molecule has 0 heterocycles. The van der Waals surface area contributed by atoms with Crippen LogP contribution >= 0.6 is 0 Å². The van der Waals surface area contributed by atoms with Crippen molar-refractivity contribution in [3.05, 3.63) is 14.7 Å². The molecule has 12 heteroatoms. The van der Waals surface area contributed by atoms with Gasteiger partial charge in [0.1, 0.15) is 14.7 Å². The highest BCUT2D eigenvalue weighted by atomic mass is 17.3. The maximum Gasteiger partial charge on any atom is 0.619 e. The van der Waals surface area contributed by atoms with E-state index in [9.17, 15) is 14.7 Å². The van der Waals surface area contributed by atoms with E-state index in [1.807, 2.05) is 0 Å². The molecule has 0 aliphatic heterocycles. The largest absolute Gasteiger partial charge is 0.619 e. The molecule has 0 rings (SSSR count). The molecule has 4 N–H and O–H groups in total. The second kappa shape index (κ2) is 4.69. The molecule has 0 aliphatic carbocycles. The van der Waals surface area contributed by atoms with Crippen molar-refractivity contribution < 1.29 is 35.0 Å². The minimum atomic E-state index is -0.973. The van der Waals surface area contributed by atoms with Gasteiger partial charge in [0.15, 0.2) is 0 Å². The molecule has 0 bridgehead atoms. The standard InChI is InChI=1S/H4N5O7/c1-9-3(6)11-5(8)12-4(7)10-2/h1-2H2/q+3. The Balaban J connectivity index is 3.74. The van der Waals surface area contributed by atoms with Crippen LogP contribution in [0.2, 0.25) is 0 Å². The maximum absolute atomic E-state index is 10.1. The molecule has 0 atom stereocenters. The van der Waals surface area contributed by atoms with E-state index in [4.69, 9.17) is 0 Å². The first-order valence-corrected chi connectivity index (χ1v) is 2.11. The molecule has 0 saturated heterocycles. The topological polar surface area (TPSA) is 149 Å². The van der Waals surface area contributed by atoms with Gasteiger partial charge < -0.3 is 0 Å². The predicted octanol–water partition coefficient (Wildman–Crippen LogP) is -2.37. The molecule has 0 aromatic carbocycles. The Morgan fingerprint density at radius 3 is 1.33 bits per heavy atom. The van der Waals surface area contributed by atoms with Gasteiger partial charge >= 0.3 is 15.3 Å². The Bertz CT molecular complexity index is 176. The van der Waals surface area contributed by atoms with Gasteiger partial charge in [-0.25, -0.2) is 0 Å². The third kappa shape index (κ3) is 3.85. The van der Waals surface area contributed by atoms with Crippen molar-refractivity contribution in [2.45, 2.75) is 0 Å². The summed E-state index contributed by atoms with van der Waals surface area (Å²) in [6, 6.07) is 0. The summed E-state index contributed by atoms with van der Waals surface area (Å²) in [5, 5.41) is -2.67. The SMILES string of the molecule is NO[N+](=O)O[N+](=O)O[N+](=O)ON. The second-order valence-corrected chi connectivity index (χ2v) is 1.04. The van der Waals surface area contributed by atoms with Crippen molar-refractivity contribution in [3.8, 4) is 0 Å². The quantitative estimate of drug-likeness (QED) is 0.433. The number of hydrogen-bond donors (Lipinski definition) is 2. The summed E-state index contributed by atoms with van der Waals surface area (Å²) < 4.78 is 0. The fraction of sp³-hybridized carbons (Fsp3) is 0. The van der Waals surface area contributed by atoms with Gasteiger partial charge in [-0.1, -0.05) is 21.7 Å². The predicted molar refractivity (Wildman–Crippen MR) is 23.6 cm³/mol. The normalized spacial score (nSPS) is 8.17. The van der Waals surface area contributed by atoms with E-state index in [2.05, 4.69) is 31.5 Å². The molecule has 0 unspecified atom stereocenters. The third-order valence-corrected chi connectivity index (χ3v) is 0.439. The van der Waals surface area contributed by atoms with Crippen molar-refractivity contribution in [1.29, 1.82) is 0 Å². The lowest BCUT2D eigenvalue weighted by Gasteiger charge is -1.71. The van der Waals surface area contributed by atoms with E-state index in [1.54, 1.807) is 0 Å². The highest BCUT2D eigenvalue weighted by Gasteiger charge is 2.41. The van der Waals surface area contributed by atoms with Gasteiger partial charge in [0.2, 0.25) is 9.88 Å². The summed E-state index contributed by atoms with van der Waals surface area (Å²) >= 11 is 0. The molecule has 0 saturated carbocycles. The van der Waals surface area contributed by atoms with E-state index in [1.165, 1.54) is 0 Å². The van der Waals surface area contributed by atoms with Crippen LogP contribution in [0.4, 0.5) is 0 Å². The lowest BCUT2D eigenvalue weighted by atomic mass is 12.8. The number of nitrogens with two attached hydrogens (primary N) is 2. The Labute approximate surface area is 62.9 Å². The number of nitrogens with zero attached hydrogens (tertiary/aromatic N) is 3. The molecule has 12 nitrogen and oxygen atoms in total. The van der Waals surface area contributed by atoms with Crippen LogP contribution in [0.3, 0.4) is 0 Å². The molecule has 0 aliphatic rings. The summed E-state index contributed by atoms with van der Waals surface area (Å²) in [6.07, 6.45) is 0. The fourth-order valence-corrected chi connectivity index (χ4v) is 0.162. The molecular weight excluding hydrogens is 182 g/mol. The Morgan fingerprint density at radius 1 is 0.750 bits per heavy atom. The molecule has 0 aromatic heterocycles. The molecule has 0 amide bonds. The third-order valence-electron chi connectivity index (χ3n) is 0.439. The van der Waals surface area contributed by atoms with Crippen LogP contribution in [0.25, 0.3) is 0 Å². The van der Waals surface area contributed by atoms with Crippen LogP contribution in [-0.2, 0) is 19.8 Å². The zero-order valence-electron chi connectivity index (χ0n) is 5.35. The first kappa shape index (κ1) is 9.92. The van der Waals surface area contributed by atoms with Crippen molar-refractivity contribution in [1.82, 2.24) is 0 Å². The van der Waals surface area contributed by atoms with Gasteiger partial charge in [-0.05, 0) is 0 Å². The Kier molecular flexibility index (Phi) is 3.88. The Hall–Kier alpha value is -2.08. The van der Waals surface area contributed by atoms with Gasteiger partial charge in [0.05, 0.1) is 0 Å². The highest BCUT2D eigenvalue weighted by molar-refractivity contribution is 3.63. The Morgan fingerprint density at radius 2 is 1.08 bits per heavy atom. The van der Waals surface area contributed by atoms with Crippen LogP contribution in [-0.4, -0.2) is 15.3 Å². The summed E-state index contributed by atoms with van der Waals surface area (Å²) in [5.74, 6) is 8.41. The van der Waals surface area contributed by atoms with Crippen molar-refractivity contribution in [2.75, 3.05) is 0 Å². The first-order valence-electron chi connectivity index (χ1n) is 2.11. The summed E-state index contributed by atoms with van der Waals surface area (Å²) in [5.41, 5.74) is 0. The molecule has 0 spiro atoms. The zero-order valence-corrected chi connectivity index (χ0v) is 5.35. The van der Waals surface area contributed by atoms with E-state index in [-0.39, 0.29) is 0 Å². The summed E-state index contributed by atoms with van der Waals surface area (Å²) in [6.45, 7) is 0. The van der Waals surface area contributed by atoms with E-state index < -0.39 is 15.3 Å². The molecular formula is H4N5O7+3. The summed E-state index contributed by atoms with van der Waals surface area (Å²) in [4.78, 5) is 43.3. The molecule has 68 valence electrons. The van der Waals surface area contributed by atoms with Crippen LogP contribution in [0, 0.1) is 14.7 Å². The monoisotopic (exact) mass is 186 g/mol. The average molecular weight is 186 g/mol. The van der Waals surface area contributed by atoms with Gasteiger partial charge in [0.25, 0.3) is 0 Å². The van der Waals surface area contributed by atoms with Gasteiger partial charge in [-0.2, -0.15) is 0 Å². The fourth-order valence-electron chi connectivity index (χ4n) is 0.162.